The highest BCUT2D eigenvalue weighted by Gasteiger charge is 2.37. The standard InChI is InChI=1S/C30H48N8O3S.2ClH/c1-21(2)20-38(27(40)24-19-34-28(30(3,4)5)35-25(24)32-8-7-14-41-6)23-16-22(17-31-18-23)26(39)36-10-12-37(13-11-36)29-33-9-15-42-29;;/h9,15,19,21-23,31H,7-8,10-14,16-18,20H2,1-6H3,(H,32,34,35);2*1H/t22-,23+;;/m1../s1. The molecular weight excluding hydrogens is 623 g/mol. The average Bonchev–Trinajstić information content (AvgIpc) is 3.52. The molecule has 0 aromatic carbocycles. The number of anilines is 2. The summed E-state index contributed by atoms with van der Waals surface area (Å²) in [7, 11) is 1.68. The first kappa shape index (κ1) is 37.9. The van der Waals surface area contributed by atoms with Crippen molar-refractivity contribution in [3.8, 4) is 0 Å². The van der Waals surface area contributed by atoms with Crippen molar-refractivity contribution >= 4 is 58.9 Å². The average molecular weight is 674 g/mol. The number of carbonyl (C=O) groups is 2. The lowest BCUT2D eigenvalue weighted by Gasteiger charge is -2.41. The molecule has 2 N–H and O–H groups in total. The van der Waals surface area contributed by atoms with Gasteiger partial charge >= 0.3 is 0 Å². The van der Waals surface area contributed by atoms with Gasteiger partial charge in [-0.2, -0.15) is 0 Å². The zero-order valence-electron chi connectivity index (χ0n) is 26.9. The van der Waals surface area contributed by atoms with Crippen molar-refractivity contribution in [1.29, 1.82) is 0 Å². The molecule has 0 spiro atoms. The lowest BCUT2D eigenvalue weighted by Crippen LogP contribution is -2.57. The van der Waals surface area contributed by atoms with Crippen LogP contribution < -0.4 is 15.5 Å². The number of amides is 2. The molecule has 2 aliphatic heterocycles. The number of rotatable bonds is 11. The maximum Gasteiger partial charge on any atom is 0.259 e. The predicted octanol–water partition coefficient (Wildman–Crippen LogP) is 3.95. The van der Waals surface area contributed by atoms with E-state index in [0.29, 0.717) is 69.5 Å². The molecule has 0 saturated carbocycles. The van der Waals surface area contributed by atoms with E-state index in [1.54, 1.807) is 24.6 Å². The second-order valence-corrected chi connectivity index (χ2v) is 13.6. The minimum absolute atomic E-state index is 0. The maximum absolute atomic E-state index is 14.2. The van der Waals surface area contributed by atoms with Gasteiger partial charge in [0.1, 0.15) is 17.2 Å². The highest BCUT2D eigenvalue weighted by molar-refractivity contribution is 7.13. The summed E-state index contributed by atoms with van der Waals surface area (Å²) in [5.41, 5.74) is 0.210. The Morgan fingerprint density at radius 3 is 2.50 bits per heavy atom. The van der Waals surface area contributed by atoms with Crippen LogP contribution >= 0.6 is 36.2 Å². The highest BCUT2D eigenvalue weighted by Crippen LogP contribution is 2.27. The van der Waals surface area contributed by atoms with Crippen molar-refractivity contribution in [2.45, 2.75) is 58.9 Å². The second kappa shape index (κ2) is 17.4. The number of aromatic nitrogens is 3. The first-order valence-corrected chi connectivity index (χ1v) is 16.0. The van der Waals surface area contributed by atoms with Crippen molar-refractivity contribution < 1.29 is 14.3 Å². The summed E-state index contributed by atoms with van der Waals surface area (Å²) < 4.78 is 5.20. The summed E-state index contributed by atoms with van der Waals surface area (Å²) in [6.07, 6.45) is 4.92. The largest absolute Gasteiger partial charge is 0.385 e. The van der Waals surface area contributed by atoms with Crippen LogP contribution in [0.25, 0.3) is 0 Å². The summed E-state index contributed by atoms with van der Waals surface area (Å²) in [5.74, 6) is 1.39. The fourth-order valence-electron chi connectivity index (χ4n) is 5.50. The van der Waals surface area contributed by atoms with Gasteiger partial charge in [0.25, 0.3) is 5.91 Å². The molecule has 2 atom stereocenters. The second-order valence-electron chi connectivity index (χ2n) is 12.7. The normalized spacial score (nSPS) is 18.8. The summed E-state index contributed by atoms with van der Waals surface area (Å²) in [6.45, 7) is 16.5. The molecule has 2 aliphatic rings. The van der Waals surface area contributed by atoms with Crippen LogP contribution in [0.4, 0.5) is 10.9 Å². The number of piperidine rings is 1. The van der Waals surface area contributed by atoms with E-state index in [9.17, 15) is 9.59 Å². The van der Waals surface area contributed by atoms with E-state index in [2.05, 4.69) is 60.1 Å². The number of hydrogen-bond donors (Lipinski definition) is 2. The quantitative estimate of drug-likeness (QED) is 0.343. The molecule has 14 heteroatoms. The summed E-state index contributed by atoms with van der Waals surface area (Å²) in [4.78, 5) is 47.9. The molecule has 2 saturated heterocycles. The Balaban J connectivity index is 0.00000337. The topological polar surface area (TPSA) is 116 Å². The smallest absolute Gasteiger partial charge is 0.259 e. The summed E-state index contributed by atoms with van der Waals surface area (Å²) >= 11 is 1.63. The van der Waals surface area contributed by atoms with E-state index in [0.717, 1.165) is 24.6 Å². The number of carbonyl (C=O) groups excluding carboxylic acids is 2. The molecule has 4 heterocycles. The van der Waals surface area contributed by atoms with E-state index in [1.807, 2.05) is 21.4 Å². The molecule has 248 valence electrons. The molecule has 2 aromatic rings. The minimum atomic E-state index is -0.255. The fraction of sp³-hybridized carbons (Fsp3) is 0.700. The van der Waals surface area contributed by atoms with Gasteiger partial charge in [-0.25, -0.2) is 15.0 Å². The Bertz CT molecular complexity index is 1170. The maximum atomic E-state index is 14.2. The highest BCUT2D eigenvalue weighted by atomic mass is 35.5. The van der Waals surface area contributed by atoms with Crippen molar-refractivity contribution in [3.05, 3.63) is 29.2 Å². The molecule has 0 unspecified atom stereocenters. The molecule has 0 aliphatic carbocycles. The number of nitrogens with one attached hydrogen (secondary N) is 2. The van der Waals surface area contributed by atoms with Gasteiger partial charge in [-0.05, 0) is 18.8 Å². The first-order valence-electron chi connectivity index (χ1n) is 15.1. The van der Waals surface area contributed by atoms with E-state index in [-0.39, 0.29) is 59.9 Å². The summed E-state index contributed by atoms with van der Waals surface area (Å²) in [6, 6.07) is -0.108. The SMILES string of the molecule is COCCCNc1nc(C(C)(C)C)ncc1C(=O)N(CC(C)C)[C@@H]1CNC[C@H](C(=O)N2CCN(c3nccs3)CC2)C1.Cl.Cl. The third kappa shape index (κ3) is 9.87. The minimum Gasteiger partial charge on any atom is -0.385 e. The van der Waals surface area contributed by atoms with Gasteiger partial charge in [0.05, 0.1) is 5.92 Å². The summed E-state index contributed by atoms with van der Waals surface area (Å²) in [5, 5.41) is 9.83. The van der Waals surface area contributed by atoms with Crippen molar-refractivity contribution in [3.63, 3.8) is 0 Å². The Kier molecular flexibility index (Phi) is 15.0. The number of halogens is 2. The molecule has 0 radical (unpaired) electrons. The van der Waals surface area contributed by atoms with E-state index >= 15 is 0 Å². The van der Waals surface area contributed by atoms with Crippen molar-refractivity contribution in [1.82, 2.24) is 30.1 Å². The van der Waals surface area contributed by atoms with Crippen LogP contribution in [0.3, 0.4) is 0 Å². The van der Waals surface area contributed by atoms with E-state index < -0.39 is 0 Å². The first-order chi connectivity index (χ1) is 20.1. The van der Waals surface area contributed by atoms with Crippen LogP contribution in [0.5, 0.6) is 0 Å². The van der Waals surface area contributed by atoms with Crippen LogP contribution in [0.1, 0.15) is 63.6 Å². The lowest BCUT2D eigenvalue weighted by molar-refractivity contribution is -0.137. The van der Waals surface area contributed by atoms with Crippen LogP contribution in [-0.4, -0.2) is 109 Å². The zero-order valence-corrected chi connectivity index (χ0v) is 29.3. The number of nitrogens with zero attached hydrogens (tertiary/aromatic N) is 6. The zero-order chi connectivity index (χ0) is 30.3. The fourth-order valence-corrected chi connectivity index (χ4v) is 6.19. The predicted molar refractivity (Wildman–Crippen MR) is 182 cm³/mol. The van der Waals surface area contributed by atoms with Gasteiger partial charge in [0.15, 0.2) is 5.13 Å². The molecule has 44 heavy (non-hydrogen) atoms. The van der Waals surface area contributed by atoms with Gasteiger partial charge in [-0.1, -0.05) is 34.6 Å². The third-order valence-electron chi connectivity index (χ3n) is 7.73. The van der Waals surface area contributed by atoms with Gasteiger partial charge in [-0.15, -0.1) is 36.2 Å². The molecule has 4 rings (SSSR count). The van der Waals surface area contributed by atoms with Gasteiger partial charge in [0.2, 0.25) is 5.91 Å². The molecule has 11 nitrogen and oxygen atoms in total. The number of ether oxygens (including phenoxy) is 1. The number of methoxy groups -OCH3 is 1. The molecule has 0 bridgehead atoms. The Hall–Kier alpha value is -2.25. The van der Waals surface area contributed by atoms with Gasteiger partial charge in [-0.3, -0.25) is 9.59 Å². The van der Waals surface area contributed by atoms with Gasteiger partial charge < -0.3 is 30.1 Å². The van der Waals surface area contributed by atoms with E-state index in [4.69, 9.17) is 9.72 Å². The van der Waals surface area contributed by atoms with Crippen LogP contribution in [0.2, 0.25) is 0 Å². The monoisotopic (exact) mass is 672 g/mol. The molecular formula is C30H50Cl2N8O3S. The van der Waals surface area contributed by atoms with Crippen molar-refractivity contribution in [2.75, 3.05) is 76.3 Å². The number of piperazine rings is 1. The van der Waals surface area contributed by atoms with Gasteiger partial charge in [0, 0.05) is 95.3 Å². The Labute approximate surface area is 278 Å². The molecule has 2 fully saturated rings. The van der Waals surface area contributed by atoms with Crippen molar-refractivity contribution in [2.24, 2.45) is 11.8 Å². The molecule has 2 amide bonds. The Morgan fingerprint density at radius 2 is 1.89 bits per heavy atom. The van der Waals surface area contributed by atoms with Crippen LogP contribution in [-0.2, 0) is 14.9 Å². The molecule has 2 aromatic heterocycles. The number of hydrogen-bond acceptors (Lipinski definition) is 10. The Morgan fingerprint density at radius 1 is 1.16 bits per heavy atom. The number of thiazole rings is 1. The van der Waals surface area contributed by atoms with Crippen LogP contribution in [0.15, 0.2) is 17.8 Å². The van der Waals surface area contributed by atoms with E-state index in [1.165, 1.54) is 0 Å². The lowest BCUT2D eigenvalue weighted by atomic mass is 9.92. The van der Waals surface area contributed by atoms with Crippen LogP contribution in [0, 0.1) is 11.8 Å². The third-order valence-corrected chi connectivity index (χ3v) is 8.56.